The van der Waals surface area contributed by atoms with Crippen LogP contribution in [0.1, 0.15) is 51.7 Å². The number of nitrogens with zero attached hydrogens (tertiary/aromatic N) is 1. The second kappa shape index (κ2) is 11.7. The molecule has 0 saturated carbocycles. The molecule has 1 aromatic carbocycles. The molecule has 0 saturated heterocycles. The second-order valence-corrected chi connectivity index (χ2v) is 6.32. The third-order valence-corrected chi connectivity index (χ3v) is 3.77. The lowest BCUT2D eigenvalue weighted by Gasteiger charge is -2.14. The number of unbranched alkanes of at least 4 members (excludes halogenated alkanes) is 1. The van der Waals surface area contributed by atoms with Crippen LogP contribution in [0.15, 0.2) is 29.3 Å². The molecule has 0 fully saturated rings. The highest BCUT2D eigenvalue weighted by Gasteiger charge is 2.07. The van der Waals surface area contributed by atoms with Crippen molar-refractivity contribution in [3.8, 4) is 5.75 Å². The van der Waals surface area contributed by atoms with Gasteiger partial charge in [0.1, 0.15) is 5.75 Å². The lowest BCUT2D eigenvalue weighted by Crippen LogP contribution is -2.38. The molecule has 0 spiro atoms. The van der Waals surface area contributed by atoms with Crippen LogP contribution in [-0.2, 0) is 0 Å². The van der Waals surface area contributed by atoms with Crippen molar-refractivity contribution in [3.63, 3.8) is 0 Å². The highest BCUT2D eigenvalue weighted by molar-refractivity contribution is 5.79. The summed E-state index contributed by atoms with van der Waals surface area (Å²) < 4.78 is 5.13. The van der Waals surface area contributed by atoms with Gasteiger partial charge in [0.15, 0.2) is 5.96 Å². The Kier molecular flexibility index (Phi) is 9.92. The summed E-state index contributed by atoms with van der Waals surface area (Å²) in [6.07, 6.45) is 2.99. The van der Waals surface area contributed by atoms with Crippen LogP contribution >= 0.6 is 0 Å². The zero-order valence-corrected chi connectivity index (χ0v) is 15.5. The first-order chi connectivity index (χ1) is 11.6. The van der Waals surface area contributed by atoms with E-state index >= 15 is 0 Å². The van der Waals surface area contributed by atoms with Crippen LogP contribution < -0.4 is 15.4 Å². The lowest BCUT2D eigenvalue weighted by molar-refractivity contribution is 0.187. The second-order valence-electron chi connectivity index (χ2n) is 6.32. The maximum absolute atomic E-state index is 10.3. The van der Waals surface area contributed by atoms with Crippen molar-refractivity contribution in [2.24, 2.45) is 10.9 Å². The molecule has 0 aromatic heterocycles. The van der Waals surface area contributed by atoms with E-state index in [1.54, 1.807) is 7.11 Å². The van der Waals surface area contributed by atoms with Crippen molar-refractivity contribution in [1.82, 2.24) is 10.6 Å². The van der Waals surface area contributed by atoms with E-state index < -0.39 is 6.10 Å². The first kappa shape index (κ1) is 20.3. The molecule has 24 heavy (non-hydrogen) atoms. The smallest absolute Gasteiger partial charge is 0.191 e. The number of ether oxygens (including phenoxy) is 1. The minimum Gasteiger partial charge on any atom is -0.497 e. The summed E-state index contributed by atoms with van der Waals surface area (Å²) in [5.74, 6) is 2.30. The fourth-order valence-electron chi connectivity index (χ4n) is 2.34. The molecule has 1 atom stereocenters. The van der Waals surface area contributed by atoms with Crippen LogP contribution in [0.3, 0.4) is 0 Å². The van der Waals surface area contributed by atoms with Gasteiger partial charge in [0.25, 0.3) is 0 Å². The van der Waals surface area contributed by atoms with Gasteiger partial charge in [0.05, 0.1) is 19.8 Å². The number of aliphatic imine (C=N–C) groups is 1. The van der Waals surface area contributed by atoms with Crippen molar-refractivity contribution in [2.45, 2.75) is 46.1 Å². The van der Waals surface area contributed by atoms with E-state index in [2.05, 4.69) is 29.5 Å². The monoisotopic (exact) mass is 335 g/mol. The first-order valence-electron chi connectivity index (χ1n) is 8.91. The van der Waals surface area contributed by atoms with Crippen molar-refractivity contribution in [1.29, 1.82) is 0 Å². The van der Waals surface area contributed by atoms with Crippen LogP contribution in [0.5, 0.6) is 5.75 Å². The third-order valence-electron chi connectivity index (χ3n) is 3.77. The predicted molar refractivity (Wildman–Crippen MR) is 101 cm³/mol. The number of aliphatic hydroxyl groups excluding tert-OH is 1. The fraction of sp³-hybridized carbons (Fsp3) is 0.632. The molecular weight excluding hydrogens is 302 g/mol. The summed E-state index contributed by atoms with van der Waals surface area (Å²) in [5, 5.41) is 16.8. The van der Waals surface area contributed by atoms with Gasteiger partial charge < -0.3 is 20.5 Å². The van der Waals surface area contributed by atoms with Gasteiger partial charge in [-0.25, -0.2) is 0 Å². The molecule has 136 valence electrons. The number of hydrogen-bond donors (Lipinski definition) is 3. The molecule has 0 aliphatic rings. The van der Waals surface area contributed by atoms with E-state index in [9.17, 15) is 5.11 Å². The fourth-order valence-corrected chi connectivity index (χ4v) is 2.34. The molecule has 0 amide bonds. The Morgan fingerprint density at radius 3 is 2.46 bits per heavy atom. The Morgan fingerprint density at radius 1 is 1.17 bits per heavy atom. The van der Waals surface area contributed by atoms with E-state index in [0.29, 0.717) is 6.54 Å². The molecule has 0 aliphatic heterocycles. The highest BCUT2D eigenvalue weighted by Crippen LogP contribution is 2.17. The van der Waals surface area contributed by atoms with Crippen LogP contribution in [0.25, 0.3) is 0 Å². The normalized spacial score (nSPS) is 13.0. The van der Waals surface area contributed by atoms with Crippen molar-refractivity contribution >= 4 is 5.96 Å². The zero-order valence-electron chi connectivity index (χ0n) is 15.5. The number of benzene rings is 1. The average molecular weight is 335 g/mol. The van der Waals surface area contributed by atoms with Crippen molar-refractivity contribution in [3.05, 3.63) is 29.8 Å². The van der Waals surface area contributed by atoms with E-state index in [0.717, 1.165) is 42.7 Å². The van der Waals surface area contributed by atoms with Gasteiger partial charge >= 0.3 is 0 Å². The molecule has 0 aliphatic carbocycles. The summed E-state index contributed by atoms with van der Waals surface area (Å²) in [5.41, 5.74) is 0.840. The van der Waals surface area contributed by atoms with E-state index in [1.165, 1.54) is 12.8 Å². The lowest BCUT2D eigenvalue weighted by atomic mass is 10.1. The largest absolute Gasteiger partial charge is 0.497 e. The molecule has 1 unspecified atom stereocenters. The number of hydrogen-bond acceptors (Lipinski definition) is 3. The maximum Gasteiger partial charge on any atom is 0.191 e. The SMILES string of the molecule is CCNC(=NCC(O)c1ccc(OC)cc1)NCCCCC(C)C. The zero-order chi connectivity index (χ0) is 17.8. The van der Waals surface area contributed by atoms with Crippen LogP contribution in [0.2, 0.25) is 0 Å². The van der Waals surface area contributed by atoms with Gasteiger partial charge in [-0.2, -0.15) is 0 Å². The van der Waals surface area contributed by atoms with Gasteiger partial charge in [-0.15, -0.1) is 0 Å². The molecule has 5 heteroatoms. The standard InChI is InChI=1S/C19H33N3O2/c1-5-20-19(21-13-7-6-8-15(2)3)22-14-18(23)16-9-11-17(24-4)12-10-16/h9-12,15,18,23H,5-8,13-14H2,1-4H3,(H2,20,21,22). The molecule has 1 aromatic rings. The number of rotatable bonds is 10. The van der Waals surface area contributed by atoms with Crippen molar-refractivity contribution in [2.75, 3.05) is 26.7 Å². The maximum atomic E-state index is 10.3. The molecule has 5 nitrogen and oxygen atoms in total. The van der Waals surface area contributed by atoms with E-state index in [4.69, 9.17) is 4.74 Å². The first-order valence-corrected chi connectivity index (χ1v) is 8.91. The van der Waals surface area contributed by atoms with Gasteiger partial charge in [-0.3, -0.25) is 4.99 Å². The summed E-state index contributed by atoms with van der Waals surface area (Å²) in [4.78, 5) is 4.48. The van der Waals surface area contributed by atoms with Crippen LogP contribution in [0, 0.1) is 5.92 Å². The van der Waals surface area contributed by atoms with Gasteiger partial charge in [-0.05, 0) is 37.0 Å². The van der Waals surface area contributed by atoms with E-state index in [-0.39, 0.29) is 0 Å². The third kappa shape index (κ3) is 8.20. The molecule has 1 rings (SSSR count). The van der Waals surface area contributed by atoms with Crippen molar-refractivity contribution < 1.29 is 9.84 Å². The van der Waals surface area contributed by atoms with Crippen LogP contribution in [-0.4, -0.2) is 37.8 Å². The molecular formula is C19H33N3O2. The minimum atomic E-state index is -0.618. The van der Waals surface area contributed by atoms with Gasteiger partial charge in [0, 0.05) is 13.1 Å². The molecule has 0 bridgehead atoms. The van der Waals surface area contributed by atoms with E-state index in [1.807, 2.05) is 31.2 Å². The quantitative estimate of drug-likeness (QED) is 0.349. The Bertz CT molecular complexity index is 472. The Morgan fingerprint density at radius 2 is 1.88 bits per heavy atom. The topological polar surface area (TPSA) is 65.9 Å². The molecule has 0 heterocycles. The number of methoxy groups -OCH3 is 1. The summed E-state index contributed by atoms with van der Waals surface area (Å²) in [6, 6.07) is 7.43. The number of guanidine groups is 1. The van der Waals surface area contributed by atoms with Gasteiger partial charge in [0.2, 0.25) is 0 Å². The Hall–Kier alpha value is -1.75. The minimum absolute atomic E-state index is 0.327. The average Bonchev–Trinajstić information content (AvgIpc) is 2.58. The molecule has 3 N–H and O–H groups in total. The Balaban J connectivity index is 2.45. The predicted octanol–water partition coefficient (Wildman–Crippen LogP) is 3.11. The van der Waals surface area contributed by atoms with Crippen LogP contribution in [0.4, 0.5) is 0 Å². The highest BCUT2D eigenvalue weighted by atomic mass is 16.5. The summed E-state index contributed by atoms with van der Waals surface area (Å²) >= 11 is 0. The Labute approximate surface area is 146 Å². The summed E-state index contributed by atoms with van der Waals surface area (Å²) in [7, 11) is 1.63. The number of aliphatic hydroxyl groups is 1. The van der Waals surface area contributed by atoms with Gasteiger partial charge in [-0.1, -0.05) is 38.8 Å². The number of nitrogens with one attached hydrogen (secondary N) is 2. The molecule has 0 radical (unpaired) electrons. The summed E-state index contributed by atoms with van der Waals surface area (Å²) in [6.45, 7) is 8.57.